The molecule has 0 atom stereocenters. The molecule has 0 aliphatic rings. The minimum atomic E-state index is -4.33. The summed E-state index contributed by atoms with van der Waals surface area (Å²) in [6.45, 7) is -0.162. The highest BCUT2D eigenvalue weighted by Crippen LogP contribution is 2.36. The number of carboxylic acid groups (broad SMARTS) is 1. The molecule has 0 saturated carbocycles. The molecule has 0 amide bonds. The predicted octanol–water partition coefficient (Wildman–Crippen LogP) is 2.63. The number of carbonyl (C=O) groups is 1. The van der Waals surface area contributed by atoms with Crippen molar-refractivity contribution in [3.05, 3.63) is 33.8 Å². The van der Waals surface area contributed by atoms with Crippen LogP contribution in [0.1, 0.15) is 11.1 Å². The molecular formula is C9H9BrF3NO2. The highest BCUT2D eigenvalue weighted by atomic mass is 79.9. The van der Waals surface area contributed by atoms with Gasteiger partial charge in [-0.25, -0.2) is 0 Å². The van der Waals surface area contributed by atoms with E-state index >= 15 is 0 Å². The predicted molar refractivity (Wildman–Crippen MR) is 55.7 cm³/mol. The van der Waals surface area contributed by atoms with Gasteiger partial charge in [-0.15, -0.1) is 0 Å². The van der Waals surface area contributed by atoms with E-state index in [-0.39, 0.29) is 17.5 Å². The van der Waals surface area contributed by atoms with Crippen LogP contribution in [0.2, 0.25) is 0 Å². The second-order valence-electron chi connectivity index (χ2n) is 2.59. The van der Waals surface area contributed by atoms with Crippen molar-refractivity contribution >= 4 is 22.4 Å². The Labute approximate surface area is 98.2 Å². The third-order valence-electron chi connectivity index (χ3n) is 1.60. The maximum Gasteiger partial charge on any atom is 0.417 e. The molecule has 0 unspecified atom stereocenters. The van der Waals surface area contributed by atoms with E-state index in [1.54, 1.807) is 6.07 Å². The minimum absolute atomic E-state index is 0.0324. The zero-order chi connectivity index (χ0) is 12.8. The molecule has 7 heteroatoms. The van der Waals surface area contributed by atoms with Gasteiger partial charge in [0.2, 0.25) is 0 Å². The topological polar surface area (TPSA) is 63.3 Å². The second kappa shape index (κ2) is 6.49. The Hall–Kier alpha value is -1.08. The van der Waals surface area contributed by atoms with Gasteiger partial charge in [-0.1, -0.05) is 12.1 Å². The highest BCUT2D eigenvalue weighted by molar-refractivity contribution is 9.10. The lowest BCUT2D eigenvalue weighted by atomic mass is 10.1. The Balaban J connectivity index is 0.000000673. The van der Waals surface area contributed by atoms with Crippen LogP contribution in [-0.4, -0.2) is 11.6 Å². The number of nitrogens with two attached hydrogens (primary N) is 1. The van der Waals surface area contributed by atoms with Gasteiger partial charge >= 0.3 is 6.18 Å². The van der Waals surface area contributed by atoms with E-state index in [4.69, 9.17) is 15.6 Å². The van der Waals surface area contributed by atoms with Gasteiger partial charge in [0, 0.05) is 11.0 Å². The van der Waals surface area contributed by atoms with Gasteiger partial charge < -0.3 is 10.8 Å². The van der Waals surface area contributed by atoms with Crippen LogP contribution in [0.3, 0.4) is 0 Å². The van der Waals surface area contributed by atoms with E-state index in [1.165, 1.54) is 6.07 Å². The summed E-state index contributed by atoms with van der Waals surface area (Å²) < 4.78 is 36.9. The van der Waals surface area contributed by atoms with Gasteiger partial charge in [0.15, 0.2) is 0 Å². The van der Waals surface area contributed by atoms with E-state index in [1.807, 2.05) is 0 Å². The van der Waals surface area contributed by atoms with Gasteiger partial charge in [0.25, 0.3) is 6.47 Å². The van der Waals surface area contributed by atoms with Gasteiger partial charge in [-0.3, -0.25) is 4.79 Å². The summed E-state index contributed by atoms with van der Waals surface area (Å²) in [6.07, 6.45) is -4.33. The van der Waals surface area contributed by atoms with Gasteiger partial charge in [0.05, 0.1) is 5.56 Å². The third-order valence-corrected chi connectivity index (χ3v) is 2.54. The van der Waals surface area contributed by atoms with Crippen molar-refractivity contribution in [1.29, 1.82) is 0 Å². The van der Waals surface area contributed by atoms with Gasteiger partial charge in [-0.2, -0.15) is 13.2 Å². The molecule has 0 spiro atoms. The first-order valence-electron chi connectivity index (χ1n) is 4.01. The molecule has 3 N–H and O–H groups in total. The fourth-order valence-corrected chi connectivity index (χ4v) is 1.61. The zero-order valence-electron chi connectivity index (χ0n) is 7.96. The molecule has 0 saturated heterocycles. The summed E-state index contributed by atoms with van der Waals surface area (Å²) in [5.41, 5.74) is 5.03. The lowest BCUT2D eigenvalue weighted by Crippen LogP contribution is -2.08. The van der Waals surface area contributed by atoms with Crippen LogP contribution in [0.15, 0.2) is 22.7 Å². The fraction of sp³-hybridized carbons (Fsp3) is 0.222. The molecule has 0 radical (unpaired) electrons. The van der Waals surface area contributed by atoms with Crippen LogP contribution in [0.5, 0.6) is 0 Å². The van der Waals surface area contributed by atoms with Crippen LogP contribution in [0.4, 0.5) is 13.2 Å². The monoisotopic (exact) mass is 299 g/mol. The first-order valence-corrected chi connectivity index (χ1v) is 4.80. The zero-order valence-corrected chi connectivity index (χ0v) is 9.55. The SMILES string of the molecule is NCc1cccc(C(F)(F)F)c1Br.O=CO. The molecule has 0 aromatic heterocycles. The van der Waals surface area contributed by atoms with E-state index in [2.05, 4.69) is 15.9 Å². The number of hydrogen-bond acceptors (Lipinski definition) is 2. The summed E-state index contributed by atoms with van der Waals surface area (Å²) in [5, 5.41) is 6.89. The Kier molecular flexibility index (Phi) is 6.05. The number of rotatable bonds is 1. The number of hydrogen-bond donors (Lipinski definition) is 2. The van der Waals surface area contributed by atoms with E-state index in [0.717, 1.165) is 6.07 Å². The Morgan fingerprint density at radius 1 is 1.44 bits per heavy atom. The number of alkyl halides is 3. The summed E-state index contributed by atoms with van der Waals surface area (Å²) in [5.74, 6) is 0. The standard InChI is InChI=1S/C8H7BrF3N.CH2O2/c9-7-5(4-13)2-1-3-6(7)8(10,11)12;2-1-3/h1-3H,4,13H2;1H,(H,2,3). The molecule has 0 bridgehead atoms. The minimum Gasteiger partial charge on any atom is -0.483 e. The van der Waals surface area contributed by atoms with Crippen LogP contribution in [-0.2, 0) is 17.5 Å². The smallest absolute Gasteiger partial charge is 0.417 e. The second-order valence-corrected chi connectivity index (χ2v) is 3.38. The molecular weight excluding hydrogens is 291 g/mol. The van der Waals surface area contributed by atoms with Crippen molar-refractivity contribution in [2.75, 3.05) is 0 Å². The normalized spacial score (nSPS) is 10.3. The molecule has 16 heavy (non-hydrogen) atoms. The highest BCUT2D eigenvalue weighted by Gasteiger charge is 2.33. The summed E-state index contributed by atoms with van der Waals surface area (Å²) >= 11 is 2.88. The van der Waals surface area contributed by atoms with Crippen LogP contribution >= 0.6 is 15.9 Å². The molecule has 1 aromatic rings. The van der Waals surface area contributed by atoms with Crippen molar-refractivity contribution in [2.24, 2.45) is 5.73 Å². The molecule has 1 rings (SSSR count). The molecule has 0 fully saturated rings. The van der Waals surface area contributed by atoms with Gasteiger partial charge in [0.1, 0.15) is 0 Å². The quantitative estimate of drug-likeness (QED) is 0.784. The van der Waals surface area contributed by atoms with Crippen LogP contribution in [0.25, 0.3) is 0 Å². The van der Waals surface area contributed by atoms with Crippen LogP contribution in [0, 0.1) is 0 Å². The fourth-order valence-electron chi connectivity index (χ4n) is 0.956. The van der Waals surface area contributed by atoms with E-state index in [9.17, 15) is 13.2 Å². The first kappa shape index (κ1) is 14.9. The number of halogens is 4. The molecule has 0 aliphatic carbocycles. The van der Waals surface area contributed by atoms with Crippen molar-refractivity contribution in [1.82, 2.24) is 0 Å². The summed E-state index contributed by atoms with van der Waals surface area (Å²) in [4.78, 5) is 8.36. The maximum atomic E-state index is 12.3. The van der Waals surface area contributed by atoms with Crippen LogP contribution < -0.4 is 5.73 Å². The first-order chi connectivity index (χ1) is 7.38. The lowest BCUT2D eigenvalue weighted by Gasteiger charge is -2.11. The van der Waals surface area contributed by atoms with Crippen molar-refractivity contribution in [3.63, 3.8) is 0 Å². The number of benzene rings is 1. The Bertz CT molecular complexity index is 355. The summed E-state index contributed by atoms with van der Waals surface area (Å²) in [6, 6.07) is 3.92. The van der Waals surface area contributed by atoms with Crippen molar-refractivity contribution in [2.45, 2.75) is 12.7 Å². The van der Waals surface area contributed by atoms with E-state index in [0.29, 0.717) is 5.56 Å². The maximum absolute atomic E-state index is 12.3. The Morgan fingerprint density at radius 3 is 2.31 bits per heavy atom. The molecule has 1 aromatic carbocycles. The van der Waals surface area contributed by atoms with Crippen molar-refractivity contribution < 1.29 is 23.1 Å². The average molecular weight is 300 g/mol. The summed E-state index contributed by atoms with van der Waals surface area (Å²) in [7, 11) is 0. The average Bonchev–Trinajstić information content (AvgIpc) is 2.17. The van der Waals surface area contributed by atoms with E-state index < -0.39 is 11.7 Å². The molecule has 3 nitrogen and oxygen atoms in total. The molecule has 0 heterocycles. The van der Waals surface area contributed by atoms with Gasteiger partial charge in [-0.05, 0) is 27.6 Å². The lowest BCUT2D eigenvalue weighted by molar-refractivity contribution is -0.138. The molecule has 90 valence electrons. The molecule has 0 aliphatic heterocycles. The Morgan fingerprint density at radius 2 is 1.94 bits per heavy atom. The third kappa shape index (κ3) is 4.19. The van der Waals surface area contributed by atoms with Crippen molar-refractivity contribution in [3.8, 4) is 0 Å². The largest absolute Gasteiger partial charge is 0.483 e.